The molecular formula is C8H13N3. The van der Waals surface area contributed by atoms with Gasteiger partial charge in [0.15, 0.2) is 0 Å². The average Bonchev–Trinajstić information content (AvgIpc) is 1.85. The Kier molecular flexibility index (Phi) is 2.08. The molecule has 1 aromatic heterocycles. The first-order chi connectivity index (χ1) is 5.11. The highest BCUT2D eigenvalue weighted by atomic mass is 15.0. The molecule has 0 saturated heterocycles. The van der Waals surface area contributed by atoms with E-state index in [0.29, 0.717) is 11.9 Å². The molecule has 3 nitrogen and oxygen atoms in total. The van der Waals surface area contributed by atoms with Gasteiger partial charge in [0.05, 0.1) is 0 Å². The summed E-state index contributed by atoms with van der Waals surface area (Å²) in [4.78, 5) is 7.99. The van der Waals surface area contributed by atoms with E-state index in [1.165, 1.54) is 5.56 Å². The fourth-order valence-corrected chi connectivity index (χ4v) is 1.06. The summed E-state index contributed by atoms with van der Waals surface area (Å²) >= 11 is 0. The van der Waals surface area contributed by atoms with Crippen molar-refractivity contribution in [3.63, 3.8) is 0 Å². The van der Waals surface area contributed by atoms with Gasteiger partial charge in [-0.15, -0.1) is 0 Å². The fourth-order valence-electron chi connectivity index (χ4n) is 1.06. The molecule has 0 aliphatic heterocycles. The number of nitrogens with zero attached hydrogens (tertiary/aromatic N) is 2. The minimum Gasteiger partial charge on any atom is -0.368 e. The van der Waals surface area contributed by atoms with Gasteiger partial charge in [-0.05, 0) is 18.4 Å². The molecule has 0 aromatic carbocycles. The fraction of sp³-hybridized carbons (Fsp3) is 0.500. The van der Waals surface area contributed by atoms with Crippen molar-refractivity contribution in [2.24, 2.45) is 0 Å². The maximum atomic E-state index is 5.41. The molecule has 0 aliphatic rings. The number of aromatic nitrogens is 2. The Labute approximate surface area is 66.7 Å². The van der Waals surface area contributed by atoms with Crippen LogP contribution < -0.4 is 5.73 Å². The lowest BCUT2D eigenvalue weighted by molar-refractivity contribution is 0.831. The maximum absolute atomic E-state index is 5.41. The molecule has 0 amide bonds. The van der Waals surface area contributed by atoms with E-state index in [9.17, 15) is 0 Å². The minimum atomic E-state index is 0.354. The van der Waals surface area contributed by atoms with Crippen molar-refractivity contribution in [3.05, 3.63) is 17.5 Å². The van der Waals surface area contributed by atoms with Crippen LogP contribution in [0.4, 0.5) is 5.95 Å². The van der Waals surface area contributed by atoms with E-state index >= 15 is 0 Å². The van der Waals surface area contributed by atoms with E-state index in [1.807, 2.05) is 6.92 Å². The van der Waals surface area contributed by atoms with E-state index in [1.54, 1.807) is 6.20 Å². The molecule has 0 aliphatic carbocycles. The molecule has 1 aromatic rings. The maximum Gasteiger partial charge on any atom is 0.220 e. The second-order valence-corrected chi connectivity index (χ2v) is 2.92. The van der Waals surface area contributed by atoms with Crippen molar-refractivity contribution in [2.75, 3.05) is 5.73 Å². The Balaban J connectivity index is 3.09. The van der Waals surface area contributed by atoms with Gasteiger partial charge >= 0.3 is 0 Å². The third-order valence-corrected chi connectivity index (χ3v) is 1.66. The number of nitrogen functional groups attached to an aromatic ring is 1. The molecule has 2 N–H and O–H groups in total. The number of hydrogen-bond donors (Lipinski definition) is 1. The summed E-state index contributed by atoms with van der Waals surface area (Å²) in [7, 11) is 0. The van der Waals surface area contributed by atoms with Crippen molar-refractivity contribution in [1.82, 2.24) is 9.97 Å². The van der Waals surface area contributed by atoms with Gasteiger partial charge in [-0.3, -0.25) is 0 Å². The molecule has 0 atom stereocenters. The van der Waals surface area contributed by atoms with E-state index in [-0.39, 0.29) is 0 Å². The van der Waals surface area contributed by atoms with Gasteiger partial charge in [-0.25, -0.2) is 9.97 Å². The summed E-state index contributed by atoms with van der Waals surface area (Å²) in [5.74, 6) is 0.822. The molecule has 11 heavy (non-hydrogen) atoms. The Morgan fingerprint density at radius 3 is 2.55 bits per heavy atom. The van der Waals surface area contributed by atoms with Gasteiger partial charge in [-0.2, -0.15) is 0 Å². The predicted molar refractivity (Wildman–Crippen MR) is 45.3 cm³/mol. The smallest absolute Gasteiger partial charge is 0.220 e. The topological polar surface area (TPSA) is 51.8 Å². The molecule has 0 radical (unpaired) electrons. The number of anilines is 1. The zero-order valence-corrected chi connectivity index (χ0v) is 7.13. The Morgan fingerprint density at radius 2 is 2.09 bits per heavy atom. The molecule has 1 rings (SSSR count). The molecule has 60 valence electrons. The van der Waals surface area contributed by atoms with Crippen molar-refractivity contribution in [2.45, 2.75) is 26.7 Å². The Morgan fingerprint density at radius 1 is 1.45 bits per heavy atom. The second-order valence-electron chi connectivity index (χ2n) is 2.92. The van der Waals surface area contributed by atoms with E-state index in [0.717, 1.165) is 5.69 Å². The van der Waals surface area contributed by atoms with Gasteiger partial charge in [-0.1, -0.05) is 13.8 Å². The van der Waals surface area contributed by atoms with Gasteiger partial charge in [0.2, 0.25) is 5.95 Å². The SMILES string of the molecule is Cc1nc(N)ncc1C(C)C. The summed E-state index contributed by atoms with van der Waals surface area (Å²) < 4.78 is 0. The lowest BCUT2D eigenvalue weighted by Crippen LogP contribution is -2.01. The highest BCUT2D eigenvalue weighted by molar-refractivity contribution is 5.26. The summed E-state index contributed by atoms with van der Waals surface area (Å²) in [5.41, 5.74) is 7.55. The molecular weight excluding hydrogens is 138 g/mol. The van der Waals surface area contributed by atoms with Crippen LogP contribution in [0.15, 0.2) is 6.20 Å². The molecule has 1 heterocycles. The van der Waals surface area contributed by atoms with Crippen molar-refractivity contribution in [1.29, 1.82) is 0 Å². The molecule has 0 unspecified atom stereocenters. The highest BCUT2D eigenvalue weighted by Crippen LogP contribution is 2.15. The first-order valence-electron chi connectivity index (χ1n) is 3.70. The van der Waals surface area contributed by atoms with E-state index in [2.05, 4.69) is 23.8 Å². The van der Waals surface area contributed by atoms with Crippen molar-refractivity contribution < 1.29 is 0 Å². The second kappa shape index (κ2) is 2.86. The van der Waals surface area contributed by atoms with Crippen LogP contribution in [-0.4, -0.2) is 9.97 Å². The summed E-state index contributed by atoms with van der Waals surface area (Å²) in [6, 6.07) is 0. The molecule has 0 fully saturated rings. The first-order valence-corrected chi connectivity index (χ1v) is 3.70. The number of hydrogen-bond acceptors (Lipinski definition) is 3. The van der Waals surface area contributed by atoms with Crippen LogP contribution in [0.1, 0.15) is 31.0 Å². The van der Waals surface area contributed by atoms with Crippen LogP contribution in [0, 0.1) is 6.92 Å². The van der Waals surface area contributed by atoms with Crippen LogP contribution in [0.25, 0.3) is 0 Å². The van der Waals surface area contributed by atoms with Gasteiger partial charge in [0.25, 0.3) is 0 Å². The van der Waals surface area contributed by atoms with E-state index < -0.39 is 0 Å². The third-order valence-electron chi connectivity index (χ3n) is 1.66. The predicted octanol–water partition coefficient (Wildman–Crippen LogP) is 1.49. The van der Waals surface area contributed by atoms with Gasteiger partial charge in [0, 0.05) is 11.9 Å². The number of rotatable bonds is 1. The average molecular weight is 151 g/mol. The van der Waals surface area contributed by atoms with Gasteiger partial charge < -0.3 is 5.73 Å². The molecule has 0 bridgehead atoms. The Hall–Kier alpha value is -1.12. The zero-order valence-electron chi connectivity index (χ0n) is 7.13. The largest absolute Gasteiger partial charge is 0.368 e. The highest BCUT2D eigenvalue weighted by Gasteiger charge is 2.04. The molecule has 0 saturated carbocycles. The quantitative estimate of drug-likeness (QED) is 0.661. The van der Waals surface area contributed by atoms with Gasteiger partial charge in [0.1, 0.15) is 0 Å². The van der Waals surface area contributed by atoms with Crippen LogP contribution >= 0.6 is 0 Å². The third kappa shape index (κ3) is 1.67. The standard InChI is InChI=1S/C8H13N3/c1-5(2)7-4-10-8(9)11-6(7)3/h4-5H,1-3H3,(H2,9,10,11). The van der Waals surface area contributed by atoms with Crippen molar-refractivity contribution >= 4 is 5.95 Å². The summed E-state index contributed by atoms with van der Waals surface area (Å²) in [6.07, 6.45) is 1.79. The first kappa shape index (κ1) is 7.98. The van der Waals surface area contributed by atoms with Crippen LogP contribution in [0.2, 0.25) is 0 Å². The zero-order chi connectivity index (χ0) is 8.43. The Bertz CT molecular complexity index is 256. The molecule has 0 spiro atoms. The van der Waals surface area contributed by atoms with Crippen LogP contribution in [0.3, 0.4) is 0 Å². The van der Waals surface area contributed by atoms with Crippen LogP contribution in [0.5, 0.6) is 0 Å². The normalized spacial score (nSPS) is 10.5. The number of nitrogens with two attached hydrogens (primary N) is 1. The monoisotopic (exact) mass is 151 g/mol. The molecule has 3 heteroatoms. The van der Waals surface area contributed by atoms with Crippen molar-refractivity contribution in [3.8, 4) is 0 Å². The van der Waals surface area contributed by atoms with Crippen LogP contribution in [-0.2, 0) is 0 Å². The van der Waals surface area contributed by atoms with E-state index in [4.69, 9.17) is 5.73 Å². The lowest BCUT2D eigenvalue weighted by Gasteiger charge is -2.07. The lowest BCUT2D eigenvalue weighted by atomic mass is 10.0. The summed E-state index contributed by atoms with van der Waals surface area (Å²) in [6.45, 7) is 6.18. The summed E-state index contributed by atoms with van der Waals surface area (Å²) in [5, 5.41) is 0. The minimum absolute atomic E-state index is 0.354. The number of aryl methyl sites for hydroxylation is 1.